The minimum Gasteiger partial charge on any atom is -0.299 e. The number of likely N-dealkylation sites (N-methyl/N-ethyl adjacent to an activating group) is 1. The first-order valence-corrected chi connectivity index (χ1v) is 6.64. The molecule has 3 rings (SSSR count). The van der Waals surface area contributed by atoms with E-state index in [1.165, 1.54) is 28.6 Å². The van der Waals surface area contributed by atoms with E-state index in [9.17, 15) is 0 Å². The number of aromatic amines is 1. The molecule has 1 N–H and O–H groups in total. The van der Waals surface area contributed by atoms with Gasteiger partial charge in [-0.15, -0.1) is 0 Å². The fraction of sp³-hybridized carbons (Fsp3) is 0.400. The van der Waals surface area contributed by atoms with Crippen LogP contribution in [-0.2, 0) is 0 Å². The summed E-state index contributed by atoms with van der Waals surface area (Å²) in [5, 5.41) is 8.48. The Balaban J connectivity index is 2.10. The molecule has 3 heteroatoms. The van der Waals surface area contributed by atoms with Gasteiger partial charge in [-0.25, -0.2) is 0 Å². The first kappa shape index (κ1) is 11.5. The molecule has 0 bridgehead atoms. The van der Waals surface area contributed by atoms with E-state index in [-0.39, 0.29) is 0 Å². The first-order chi connectivity index (χ1) is 8.79. The first-order valence-electron chi connectivity index (χ1n) is 6.64. The summed E-state index contributed by atoms with van der Waals surface area (Å²) in [5.74, 6) is 0. The number of hydrogen-bond donors (Lipinski definition) is 1. The second-order valence-electron chi connectivity index (χ2n) is 4.98. The van der Waals surface area contributed by atoms with Crippen LogP contribution in [0.15, 0.2) is 24.4 Å². The van der Waals surface area contributed by atoms with Gasteiger partial charge >= 0.3 is 0 Å². The van der Waals surface area contributed by atoms with Gasteiger partial charge in [-0.3, -0.25) is 10.00 Å². The molecular formula is C15H19N3. The van der Waals surface area contributed by atoms with Crippen molar-refractivity contribution in [2.45, 2.75) is 20.3 Å². The molecule has 0 amide bonds. The Bertz CT molecular complexity index is 595. The monoisotopic (exact) mass is 241 g/mol. The molecule has 0 saturated carbocycles. The molecule has 0 aliphatic carbocycles. The number of nitrogens with one attached hydrogen (secondary N) is 1. The van der Waals surface area contributed by atoms with Gasteiger partial charge in [0.1, 0.15) is 0 Å². The van der Waals surface area contributed by atoms with Crippen molar-refractivity contribution in [2.24, 2.45) is 0 Å². The number of fused-ring (bicyclic) bond motifs is 1. The van der Waals surface area contributed by atoms with E-state index >= 15 is 0 Å². The van der Waals surface area contributed by atoms with E-state index in [0.717, 1.165) is 25.0 Å². The number of benzene rings is 1. The second-order valence-corrected chi connectivity index (χ2v) is 4.98. The van der Waals surface area contributed by atoms with E-state index in [0.29, 0.717) is 0 Å². The summed E-state index contributed by atoms with van der Waals surface area (Å²) in [7, 11) is 0. The van der Waals surface area contributed by atoms with Crippen LogP contribution in [0.3, 0.4) is 0 Å². The predicted molar refractivity (Wildman–Crippen MR) is 75.5 cm³/mol. The predicted octanol–water partition coefficient (Wildman–Crippen LogP) is 2.98. The summed E-state index contributed by atoms with van der Waals surface area (Å²) in [5.41, 5.74) is 5.30. The normalized spacial score (nSPS) is 17.1. The van der Waals surface area contributed by atoms with Gasteiger partial charge in [0.25, 0.3) is 0 Å². The summed E-state index contributed by atoms with van der Waals surface area (Å²) in [4.78, 5) is 2.49. The zero-order valence-electron chi connectivity index (χ0n) is 11.0. The van der Waals surface area contributed by atoms with Gasteiger partial charge in [-0.05, 0) is 42.7 Å². The molecular weight excluding hydrogens is 222 g/mol. The van der Waals surface area contributed by atoms with Crippen LogP contribution in [0.5, 0.6) is 0 Å². The zero-order chi connectivity index (χ0) is 12.5. The Labute approximate surface area is 107 Å². The van der Waals surface area contributed by atoms with Crippen LogP contribution in [0.25, 0.3) is 16.5 Å². The summed E-state index contributed by atoms with van der Waals surface area (Å²) >= 11 is 0. The highest BCUT2D eigenvalue weighted by molar-refractivity contribution is 5.93. The number of aromatic nitrogens is 2. The van der Waals surface area contributed by atoms with Crippen LogP contribution >= 0.6 is 0 Å². The maximum absolute atomic E-state index is 4.17. The summed E-state index contributed by atoms with van der Waals surface area (Å²) in [6, 6.07) is 4.30. The smallest absolute Gasteiger partial charge is 0.0656 e. The Kier molecular flexibility index (Phi) is 2.92. The van der Waals surface area contributed by atoms with Gasteiger partial charge in [0.2, 0.25) is 0 Å². The van der Waals surface area contributed by atoms with Crippen molar-refractivity contribution in [3.63, 3.8) is 0 Å². The molecule has 1 aromatic heterocycles. The standard InChI is InChI=1S/C15H19N3/c1-3-18-8-4-5-12(10-18)15-11(2)6-7-14-13(15)9-16-17-14/h5-7,9H,3-4,8,10H2,1-2H3,(H,16,17). The molecule has 18 heavy (non-hydrogen) atoms. The molecule has 94 valence electrons. The van der Waals surface area contributed by atoms with Crippen LogP contribution in [-0.4, -0.2) is 34.7 Å². The van der Waals surface area contributed by atoms with Gasteiger partial charge in [0.15, 0.2) is 0 Å². The maximum atomic E-state index is 4.17. The molecule has 2 heterocycles. The summed E-state index contributed by atoms with van der Waals surface area (Å²) in [6.07, 6.45) is 5.49. The highest BCUT2D eigenvalue weighted by Gasteiger charge is 2.16. The number of H-pyrrole nitrogens is 1. The molecule has 2 aromatic rings. The van der Waals surface area contributed by atoms with E-state index in [1.54, 1.807) is 0 Å². The largest absolute Gasteiger partial charge is 0.299 e. The topological polar surface area (TPSA) is 31.9 Å². The number of rotatable bonds is 2. The van der Waals surface area contributed by atoms with Crippen molar-refractivity contribution in [1.29, 1.82) is 0 Å². The number of hydrogen-bond acceptors (Lipinski definition) is 2. The third kappa shape index (κ3) is 1.85. The molecule has 0 fully saturated rings. The van der Waals surface area contributed by atoms with Crippen molar-refractivity contribution in [2.75, 3.05) is 19.6 Å². The van der Waals surface area contributed by atoms with E-state index in [1.807, 2.05) is 6.20 Å². The average molecular weight is 241 g/mol. The van der Waals surface area contributed by atoms with Crippen LogP contribution in [0.1, 0.15) is 24.5 Å². The molecule has 0 unspecified atom stereocenters. The molecule has 1 aromatic carbocycles. The van der Waals surface area contributed by atoms with Crippen molar-refractivity contribution in [3.8, 4) is 0 Å². The lowest BCUT2D eigenvalue weighted by atomic mass is 9.94. The lowest BCUT2D eigenvalue weighted by Crippen LogP contribution is -2.29. The highest BCUT2D eigenvalue weighted by Crippen LogP contribution is 2.29. The van der Waals surface area contributed by atoms with E-state index in [4.69, 9.17) is 0 Å². The van der Waals surface area contributed by atoms with Gasteiger partial charge in [0.05, 0.1) is 11.7 Å². The van der Waals surface area contributed by atoms with Crippen molar-refractivity contribution < 1.29 is 0 Å². The van der Waals surface area contributed by atoms with Crippen molar-refractivity contribution in [3.05, 3.63) is 35.5 Å². The molecule has 1 aliphatic heterocycles. The van der Waals surface area contributed by atoms with Gasteiger partial charge in [0, 0.05) is 18.5 Å². The van der Waals surface area contributed by atoms with Gasteiger partial charge in [-0.2, -0.15) is 5.10 Å². The van der Waals surface area contributed by atoms with E-state index in [2.05, 4.69) is 47.2 Å². The van der Waals surface area contributed by atoms with Crippen molar-refractivity contribution >= 4 is 16.5 Å². The molecule has 1 aliphatic rings. The third-order valence-electron chi connectivity index (χ3n) is 3.83. The van der Waals surface area contributed by atoms with Crippen LogP contribution < -0.4 is 0 Å². The lowest BCUT2D eigenvalue weighted by Gasteiger charge is -2.27. The Hall–Kier alpha value is -1.61. The number of aryl methyl sites for hydroxylation is 1. The minimum absolute atomic E-state index is 1.06. The fourth-order valence-corrected chi connectivity index (χ4v) is 2.81. The average Bonchev–Trinajstić information content (AvgIpc) is 2.87. The van der Waals surface area contributed by atoms with Crippen LogP contribution in [0, 0.1) is 6.92 Å². The Morgan fingerprint density at radius 3 is 3.11 bits per heavy atom. The number of nitrogens with zero attached hydrogens (tertiary/aromatic N) is 2. The fourth-order valence-electron chi connectivity index (χ4n) is 2.81. The van der Waals surface area contributed by atoms with Gasteiger partial charge in [-0.1, -0.05) is 19.1 Å². The Morgan fingerprint density at radius 1 is 1.39 bits per heavy atom. The highest BCUT2D eigenvalue weighted by atomic mass is 15.1. The van der Waals surface area contributed by atoms with Gasteiger partial charge < -0.3 is 0 Å². The quantitative estimate of drug-likeness (QED) is 0.876. The summed E-state index contributed by atoms with van der Waals surface area (Å²) < 4.78 is 0. The van der Waals surface area contributed by atoms with Crippen molar-refractivity contribution in [1.82, 2.24) is 15.1 Å². The Morgan fingerprint density at radius 2 is 2.28 bits per heavy atom. The lowest BCUT2D eigenvalue weighted by molar-refractivity contribution is 0.321. The van der Waals surface area contributed by atoms with Crippen LogP contribution in [0.2, 0.25) is 0 Å². The summed E-state index contributed by atoms with van der Waals surface area (Å²) in [6.45, 7) is 7.78. The minimum atomic E-state index is 1.06. The molecule has 0 saturated heterocycles. The maximum Gasteiger partial charge on any atom is 0.0656 e. The SMILES string of the molecule is CCN1CCC=C(c2c(C)ccc3[nH]ncc23)C1. The van der Waals surface area contributed by atoms with Crippen LogP contribution in [0.4, 0.5) is 0 Å². The second kappa shape index (κ2) is 4.58. The molecule has 0 spiro atoms. The van der Waals surface area contributed by atoms with E-state index < -0.39 is 0 Å². The zero-order valence-corrected chi connectivity index (χ0v) is 11.0. The molecule has 0 atom stereocenters. The molecule has 3 nitrogen and oxygen atoms in total. The third-order valence-corrected chi connectivity index (χ3v) is 3.83. The molecule has 0 radical (unpaired) electrons.